The molecule has 2 heterocycles. The van der Waals surface area contributed by atoms with Gasteiger partial charge in [0.05, 0.1) is 17.4 Å². The Morgan fingerprint density at radius 3 is 3.05 bits per heavy atom. The molecule has 4 nitrogen and oxygen atoms in total. The number of halogens is 1. The summed E-state index contributed by atoms with van der Waals surface area (Å²) in [5.74, 6) is 0.0139. The fourth-order valence-electron chi connectivity index (χ4n) is 2.80. The summed E-state index contributed by atoms with van der Waals surface area (Å²) in [5.41, 5.74) is 10.1. The Balaban J connectivity index is 1.81. The van der Waals surface area contributed by atoms with Crippen molar-refractivity contribution in [2.45, 2.75) is 12.5 Å². The summed E-state index contributed by atoms with van der Waals surface area (Å²) in [6.45, 7) is 0.392. The first-order valence-electron chi connectivity index (χ1n) is 6.87. The van der Waals surface area contributed by atoms with Crippen LogP contribution in [0.4, 0.5) is 4.39 Å². The molecule has 0 radical (unpaired) electrons. The van der Waals surface area contributed by atoms with E-state index in [4.69, 9.17) is 10.5 Å². The first-order valence-corrected chi connectivity index (χ1v) is 6.87. The molecule has 2 aromatic carbocycles. The summed E-state index contributed by atoms with van der Waals surface area (Å²) in [6, 6.07) is 9.33. The summed E-state index contributed by atoms with van der Waals surface area (Å²) in [7, 11) is 0. The third-order valence-corrected chi connectivity index (χ3v) is 3.87. The van der Waals surface area contributed by atoms with E-state index in [1.165, 1.54) is 6.07 Å². The zero-order valence-corrected chi connectivity index (χ0v) is 11.3. The molecule has 3 aromatic rings. The van der Waals surface area contributed by atoms with E-state index in [-0.39, 0.29) is 11.9 Å². The second-order valence-electron chi connectivity index (χ2n) is 5.26. The van der Waals surface area contributed by atoms with Crippen LogP contribution in [0.2, 0.25) is 0 Å². The lowest BCUT2D eigenvalue weighted by Gasteiger charge is -2.07. The molecule has 0 fully saturated rings. The number of rotatable bonds is 2. The molecule has 106 valence electrons. The van der Waals surface area contributed by atoms with Crippen molar-refractivity contribution < 1.29 is 9.13 Å². The topological polar surface area (TPSA) is 63.9 Å². The maximum Gasteiger partial charge on any atom is 0.165 e. The van der Waals surface area contributed by atoms with E-state index in [9.17, 15) is 4.39 Å². The van der Waals surface area contributed by atoms with Gasteiger partial charge in [-0.1, -0.05) is 6.07 Å². The minimum atomic E-state index is -0.330. The van der Waals surface area contributed by atoms with Gasteiger partial charge in [-0.15, -0.1) is 0 Å². The largest absolute Gasteiger partial charge is 0.485 e. The van der Waals surface area contributed by atoms with Crippen molar-refractivity contribution in [1.29, 1.82) is 0 Å². The lowest BCUT2D eigenvalue weighted by atomic mass is 10.00. The summed E-state index contributed by atoms with van der Waals surface area (Å²) in [5, 5.41) is 0. The van der Waals surface area contributed by atoms with Crippen molar-refractivity contribution in [2.24, 2.45) is 5.73 Å². The highest BCUT2D eigenvalue weighted by Crippen LogP contribution is 2.36. The Kier molecular flexibility index (Phi) is 2.68. The van der Waals surface area contributed by atoms with Crippen LogP contribution < -0.4 is 10.5 Å². The molecule has 0 saturated carbocycles. The zero-order chi connectivity index (χ0) is 14.4. The summed E-state index contributed by atoms with van der Waals surface area (Å²) in [4.78, 5) is 7.25. The number of fused-ring (bicyclic) bond motifs is 2. The highest BCUT2D eigenvalue weighted by atomic mass is 19.1. The summed E-state index contributed by atoms with van der Waals surface area (Å²) >= 11 is 0. The van der Waals surface area contributed by atoms with Crippen LogP contribution in [0, 0.1) is 5.82 Å². The van der Waals surface area contributed by atoms with E-state index in [1.807, 2.05) is 24.3 Å². The molecule has 1 unspecified atom stereocenters. The molecule has 1 aliphatic heterocycles. The number of aromatic amines is 1. The first kappa shape index (κ1) is 12.3. The fraction of sp³-hybridized carbons (Fsp3) is 0.188. The molecule has 0 aliphatic carbocycles. The maximum absolute atomic E-state index is 14.2. The predicted molar refractivity (Wildman–Crippen MR) is 78.7 cm³/mol. The Morgan fingerprint density at radius 2 is 2.19 bits per heavy atom. The monoisotopic (exact) mass is 283 g/mol. The summed E-state index contributed by atoms with van der Waals surface area (Å²) < 4.78 is 19.7. The lowest BCUT2D eigenvalue weighted by Crippen LogP contribution is -2.24. The number of hydrogen-bond donors (Lipinski definition) is 2. The van der Waals surface area contributed by atoms with Crippen molar-refractivity contribution in [2.75, 3.05) is 6.54 Å². The van der Waals surface area contributed by atoms with Crippen LogP contribution in [0.5, 0.6) is 5.75 Å². The van der Waals surface area contributed by atoms with Crippen molar-refractivity contribution >= 4 is 11.0 Å². The van der Waals surface area contributed by atoms with Crippen molar-refractivity contribution in [3.63, 3.8) is 0 Å². The van der Waals surface area contributed by atoms with Gasteiger partial charge in [-0.2, -0.15) is 0 Å². The Labute approximate surface area is 120 Å². The quantitative estimate of drug-likeness (QED) is 0.760. The molecule has 5 heteroatoms. The molecule has 1 aliphatic rings. The smallest absolute Gasteiger partial charge is 0.165 e. The molecule has 21 heavy (non-hydrogen) atoms. The van der Waals surface area contributed by atoms with Gasteiger partial charge in [0.1, 0.15) is 6.10 Å². The van der Waals surface area contributed by atoms with E-state index in [0.717, 1.165) is 27.7 Å². The predicted octanol–water partition coefficient (Wildman–Crippen LogP) is 2.63. The second kappa shape index (κ2) is 4.56. The molecule has 3 N–H and O–H groups in total. The number of ether oxygens (including phenoxy) is 1. The Hall–Kier alpha value is -2.40. The van der Waals surface area contributed by atoms with Crippen LogP contribution in [0.3, 0.4) is 0 Å². The molecule has 0 spiro atoms. The van der Waals surface area contributed by atoms with Gasteiger partial charge in [0, 0.05) is 18.5 Å². The van der Waals surface area contributed by atoms with Crippen LogP contribution in [0.1, 0.15) is 5.56 Å². The standard InChI is InChI=1S/C16H14FN3O/c17-13-5-10(3-11-4-12(7-18)21-16(11)13)9-1-2-14-15(6-9)20-8-19-14/h1-3,5-6,8,12H,4,7,18H2,(H,19,20). The number of benzene rings is 2. The molecule has 0 saturated heterocycles. The first-order chi connectivity index (χ1) is 10.2. The van der Waals surface area contributed by atoms with Gasteiger partial charge >= 0.3 is 0 Å². The molecular weight excluding hydrogens is 269 g/mol. The lowest BCUT2D eigenvalue weighted by molar-refractivity contribution is 0.232. The minimum Gasteiger partial charge on any atom is -0.485 e. The number of nitrogens with one attached hydrogen (secondary N) is 1. The molecule has 1 atom stereocenters. The number of H-pyrrole nitrogens is 1. The van der Waals surface area contributed by atoms with Crippen LogP contribution >= 0.6 is 0 Å². The number of aromatic nitrogens is 2. The van der Waals surface area contributed by atoms with Crippen LogP contribution in [-0.4, -0.2) is 22.6 Å². The maximum atomic E-state index is 14.2. The zero-order valence-electron chi connectivity index (χ0n) is 11.3. The van der Waals surface area contributed by atoms with Crippen LogP contribution in [-0.2, 0) is 6.42 Å². The Morgan fingerprint density at radius 1 is 1.29 bits per heavy atom. The van der Waals surface area contributed by atoms with E-state index < -0.39 is 0 Å². The van der Waals surface area contributed by atoms with Gasteiger partial charge in [-0.25, -0.2) is 9.37 Å². The summed E-state index contributed by atoms with van der Waals surface area (Å²) in [6.07, 6.45) is 2.18. The average Bonchev–Trinajstić information content (AvgIpc) is 3.12. The molecule has 0 bridgehead atoms. The van der Waals surface area contributed by atoms with E-state index >= 15 is 0 Å². The number of nitrogens with two attached hydrogens (primary N) is 1. The van der Waals surface area contributed by atoms with E-state index in [0.29, 0.717) is 18.7 Å². The highest BCUT2D eigenvalue weighted by Gasteiger charge is 2.25. The molecule has 0 amide bonds. The third kappa shape index (κ3) is 1.97. The number of imidazole rings is 1. The number of nitrogens with zero attached hydrogens (tertiary/aromatic N) is 1. The van der Waals surface area contributed by atoms with E-state index in [1.54, 1.807) is 6.33 Å². The molecular formula is C16H14FN3O. The normalized spacial score (nSPS) is 17.0. The van der Waals surface area contributed by atoms with Crippen LogP contribution in [0.25, 0.3) is 22.2 Å². The SMILES string of the molecule is NCC1Cc2cc(-c3ccc4nc[nH]c4c3)cc(F)c2O1. The van der Waals surface area contributed by atoms with Gasteiger partial charge in [0.2, 0.25) is 0 Å². The van der Waals surface area contributed by atoms with E-state index in [2.05, 4.69) is 9.97 Å². The van der Waals surface area contributed by atoms with Gasteiger partial charge in [-0.05, 0) is 35.4 Å². The second-order valence-corrected chi connectivity index (χ2v) is 5.26. The van der Waals surface area contributed by atoms with Crippen LogP contribution in [0.15, 0.2) is 36.7 Å². The van der Waals surface area contributed by atoms with Gasteiger partial charge in [0.15, 0.2) is 11.6 Å². The van der Waals surface area contributed by atoms with Crippen molar-refractivity contribution in [3.05, 3.63) is 48.0 Å². The fourth-order valence-corrected chi connectivity index (χ4v) is 2.80. The molecule has 4 rings (SSSR count). The molecule has 1 aromatic heterocycles. The van der Waals surface area contributed by atoms with Gasteiger partial charge in [0.25, 0.3) is 0 Å². The number of hydrogen-bond acceptors (Lipinski definition) is 3. The van der Waals surface area contributed by atoms with Gasteiger partial charge < -0.3 is 15.5 Å². The average molecular weight is 283 g/mol. The van der Waals surface area contributed by atoms with Gasteiger partial charge in [-0.3, -0.25) is 0 Å². The highest BCUT2D eigenvalue weighted by molar-refractivity contribution is 5.81. The minimum absolute atomic E-state index is 0.125. The van der Waals surface area contributed by atoms with Crippen molar-refractivity contribution in [3.8, 4) is 16.9 Å². The third-order valence-electron chi connectivity index (χ3n) is 3.87. The Bertz CT molecular complexity index is 828. The van der Waals surface area contributed by atoms with Crippen molar-refractivity contribution in [1.82, 2.24) is 9.97 Å².